The number of nitrogen functional groups attached to an aromatic ring is 1. The molecular weight excluding hydrogens is 274 g/mol. The molecule has 20 heavy (non-hydrogen) atoms. The predicted molar refractivity (Wildman–Crippen MR) is 83.5 cm³/mol. The van der Waals surface area contributed by atoms with Crippen molar-refractivity contribution in [3.05, 3.63) is 4.88 Å². The van der Waals surface area contributed by atoms with Crippen molar-refractivity contribution in [2.45, 2.75) is 26.3 Å². The summed E-state index contributed by atoms with van der Waals surface area (Å²) >= 11 is 1.40. The molecule has 0 radical (unpaired) electrons. The highest BCUT2D eigenvalue weighted by atomic mass is 32.1. The summed E-state index contributed by atoms with van der Waals surface area (Å²) < 4.78 is 0. The Kier molecular flexibility index (Phi) is 4.82. The zero-order chi connectivity index (χ0) is 14.7. The van der Waals surface area contributed by atoms with Gasteiger partial charge in [-0.05, 0) is 13.3 Å². The first-order chi connectivity index (χ1) is 9.54. The van der Waals surface area contributed by atoms with Crippen LogP contribution >= 0.6 is 11.3 Å². The SMILES string of the molecule is CCC(C)N(C)C(=O)c1sc(N2CCNCC2)nc1N. The molecule has 1 saturated heterocycles. The van der Waals surface area contributed by atoms with E-state index in [1.54, 1.807) is 4.90 Å². The van der Waals surface area contributed by atoms with Crippen LogP contribution in [0.5, 0.6) is 0 Å². The molecule has 3 N–H and O–H groups in total. The smallest absolute Gasteiger partial charge is 0.267 e. The van der Waals surface area contributed by atoms with Crippen LogP contribution in [0.15, 0.2) is 0 Å². The second-order valence-corrected chi connectivity index (χ2v) is 6.10. The van der Waals surface area contributed by atoms with Gasteiger partial charge in [0, 0.05) is 39.3 Å². The van der Waals surface area contributed by atoms with Gasteiger partial charge in [-0.2, -0.15) is 0 Å². The number of aromatic nitrogens is 1. The Morgan fingerprint density at radius 3 is 2.80 bits per heavy atom. The van der Waals surface area contributed by atoms with Gasteiger partial charge in [-0.15, -0.1) is 0 Å². The zero-order valence-electron chi connectivity index (χ0n) is 12.3. The number of amides is 1. The topological polar surface area (TPSA) is 74.5 Å². The van der Waals surface area contributed by atoms with Crippen molar-refractivity contribution in [3.63, 3.8) is 0 Å². The molecule has 2 rings (SSSR count). The van der Waals surface area contributed by atoms with Crippen molar-refractivity contribution in [2.75, 3.05) is 43.9 Å². The first-order valence-corrected chi connectivity index (χ1v) is 7.85. The highest BCUT2D eigenvalue weighted by Gasteiger charge is 2.24. The van der Waals surface area contributed by atoms with Crippen molar-refractivity contribution in [1.29, 1.82) is 0 Å². The Morgan fingerprint density at radius 1 is 1.55 bits per heavy atom. The van der Waals surface area contributed by atoms with Gasteiger partial charge in [0.05, 0.1) is 0 Å². The van der Waals surface area contributed by atoms with Crippen LogP contribution in [0.3, 0.4) is 0 Å². The largest absolute Gasteiger partial charge is 0.382 e. The third kappa shape index (κ3) is 3.04. The average Bonchev–Trinajstić information content (AvgIpc) is 2.87. The molecule has 0 aliphatic carbocycles. The van der Waals surface area contributed by atoms with Crippen molar-refractivity contribution in [3.8, 4) is 0 Å². The first kappa shape index (κ1) is 15.1. The van der Waals surface area contributed by atoms with E-state index in [-0.39, 0.29) is 11.9 Å². The number of rotatable bonds is 4. The van der Waals surface area contributed by atoms with Crippen molar-refractivity contribution >= 4 is 28.2 Å². The summed E-state index contributed by atoms with van der Waals surface area (Å²) in [6, 6.07) is 0.201. The molecule has 112 valence electrons. The Hall–Kier alpha value is -1.34. The third-order valence-corrected chi connectivity index (χ3v) is 4.92. The molecule has 1 fully saturated rings. The van der Waals surface area contributed by atoms with Gasteiger partial charge >= 0.3 is 0 Å². The fourth-order valence-electron chi connectivity index (χ4n) is 2.10. The van der Waals surface area contributed by atoms with Crippen molar-refractivity contribution in [2.24, 2.45) is 0 Å². The fraction of sp³-hybridized carbons (Fsp3) is 0.692. The lowest BCUT2D eigenvalue weighted by molar-refractivity contribution is 0.0746. The second-order valence-electron chi connectivity index (χ2n) is 5.12. The number of thiazole rings is 1. The van der Waals surface area contributed by atoms with E-state index >= 15 is 0 Å². The summed E-state index contributed by atoms with van der Waals surface area (Å²) in [6.45, 7) is 7.79. The molecule has 1 aromatic rings. The second kappa shape index (κ2) is 6.41. The Morgan fingerprint density at radius 2 is 2.20 bits per heavy atom. The van der Waals surface area contributed by atoms with Gasteiger partial charge in [-0.1, -0.05) is 18.3 Å². The van der Waals surface area contributed by atoms with Crippen LogP contribution in [0.25, 0.3) is 0 Å². The number of hydrogen-bond acceptors (Lipinski definition) is 6. The van der Waals surface area contributed by atoms with E-state index in [0.717, 1.165) is 37.7 Å². The van der Waals surface area contributed by atoms with Crippen LogP contribution in [-0.2, 0) is 0 Å². The molecule has 0 bridgehead atoms. The molecule has 1 unspecified atom stereocenters. The summed E-state index contributed by atoms with van der Waals surface area (Å²) in [6.07, 6.45) is 0.922. The van der Waals surface area contributed by atoms with Gasteiger partial charge < -0.3 is 20.9 Å². The first-order valence-electron chi connectivity index (χ1n) is 7.03. The number of anilines is 2. The molecule has 1 atom stereocenters. The maximum atomic E-state index is 12.4. The number of nitrogens with one attached hydrogen (secondary N) is 1. The molecule has 1 aliphatic rings. The molecular formula is C13H23N5OS. The minimum atomic E-state index is -0.0317. The summed E-state index contributed by atoms with van der Waals surface area (Å²) in [4.78, 5) is 21.3. The molecule has 0 saturated carbocycles. The van der Waals surface area contributed by atoms with Gasteiger partial charge in [0.1, 0.15) is 10.7 Å². The molecule has 1 aromatic heterocycles. The minimum absolute atomic E-state index is 0.0317. The maximum absolute atomic E-state index is 12.4. The Labute approximate surface area is 124 Å². The number of hydrogen-bond donors (Lipinski definition) is 2. The van der Waals surface area contributed by atoms with E-state index in [1.165, 1.54) is 11.3 Å². The number of carbonyl (C=O) groups is 1. The van der Waals surface area contributed by atoms with Crippen LogP contribution in [0.1, 0.15) is 29.9 Å². The van der Waals surface area contributed by atoms with Crippen LogP contribution in [-0.4, -0.2) is 55.1 Å². The average molecular weight is 297 g/mol. The molecule has 7 heteroatoms. The van der Waals surface area contributed by atoms with E-state index in [0.29, 0.717) is 10.7 Å². The monoisotopic (exact) mass is 297 g/mol. The lowest BCUT2D eigenvalue weighted by atomic mass is 10.2. The molecule has 6 nitrogen and oxygen atoms in total. The maximum Gasteiger partial charge on any atom is 0.267 e. The molecule has 2 heterocycles. The fourth-order valence-corrected chi connectivity index (χ4v) is 3.12. The third-order valence-electron chi connectivity index (χ3n) is 3.80. The van der Waals surface area contributed by atoms with Crippen LogP contribution in [0.4, 0.5) is 10.9 Å². The standard InChI is InChI=1S/C13H23N5OS/c1-4-9(2)17(3)12(19)10-11(14)16-13(20-10)18-7-5-15-6-8-18/h9,15H,4-8,14H2,1-3H3. The lowest BCUT2D eigenvalue weighted by Gasteiger charge is -2.26. The van der Waals surface area contributed by atoms with Gasteiger partial charge in [-0.3, -0.25) is 4.79 Å². The Balaban J connectivity index is 2.16. The summed E-state index contributed by atoms with van der Waals surface area (Å²) in [5, 5.41) is 4.15. The van der Waals surface area contributed by atoms with Gasteiger partial charge in [0.25, 0.3) is 5.91 Å². The number of carbonyl (C=O) groups excluding carboxylic acids is 1. The van der Waals surface area contributed by atoms with Gasteiger partial charge in [0.15, 0.2) is 5.13 Å². The van der Waals surface area contributed by atoms with E-state index in [9.17, 15) is 4.79 Å². The minimum Gasteiger partial charge on any atom is -0.382 e. The molecule has 1 amide bonds. The van der Waals surface area contributed by atoms with Crippen molar-refractivity contribution in [1.82, 2.24) is 15.2 Å². The summed E-state index contributed by atoms with van der Waals surface area (Å²) in [7, 11) is 1.82. The van der Waals surface area contributed by atoms with E-state index in [4.69, 9.17) is 5.73 Å². The zero-order valence-corrected chi connectivity index (χ0v) is 13.2. The van der Waals surface area contributed by atoms with E-state index in [1.807, 2.05) is 14.0 Å². The molecule has 0 aromatic carbocycles. The van der Waals surface area contributed by atoms with Crippen molar-refractivity contribution < 1.29 is 4.79 Å². The van der Waals surface area contributed by atoms with Crippen LogP contribution in [0.2, 0.25) is 0 Å². The lowest BCUT2D eigenvalue weighted by Crippen LogP contribution is -2.43. The number of piperazine rings is 1. The molecule has 1 aliphatic heterocycles. The van der Waals surface area contributed by atoms with E-state index in [2.05, 4.69) is 22.1 Å². The van der Waals surface area contributed by atoms with Crippen LogP contribution in [0, 0.1) is 0 Å². The number of nitrogens with zero attached hydrogens (tertiary/aromatic N) is 3. The van der Waals surface area contributed by atoms with Gasteiger partial charge in [-0.25, -0.2) is 4.98 Å². The number of nitrogens with two attached hydrogens (primary N) is 1. The highest BCUT2D eigenvalue weighted by molar-refractivity contribution is 7.18. The van der Waals surface area contributed by atoms with E-state index < -0.39 is 0 Å². The Bertz CT molecular complexity index is 469. The predicted octanol–water partition coefficient (Wildman–Crippen LogP) is 1.01. The summed E-state index contributed by atoms with van der Waals surface area (Å²) in [5.74, 6) is 0.319. The normalized spacial score (nSPS) is 17.1. The molecule has 0 spiro atoms. The quantitative estimate of drug-likeness (QED) is 0.867. The summed E-state index contributed by atoms with van der Waals surface area (Å²) in [5.41, 5.74) is 5.94. The van der Waals surface area contributed by atoms with Crippen LogP contribution < -0.4 is 16.0 Å². The van der Waals surface area contributed by atoms with Gasteiger partial charge in [0.2, 0.25) is 0 Å². The highest BCUT2D eigenvalue weighted by Crippen LogP contribution is 2.29.